The Morgan fingerprint density at radius 2 is 1.77 bits per heavy atom. The Kier molecular flexibility index (Phi) is 6.84. The van der Waals surface area contributed by atoms with Gasteiger partial charge in [0.25, 0.3) is 10.0 Å². The lowest BCUT2D eigenvalue weighted by Crippen LogP contribution is -2.13. The van der Waals surface area contributed by atoms with Crippen LogP contribution in [0.5, 0.6) is 0 Å². The number of hydrogen-bond donors (Lipinski definition) is 2. The Balaban J connectivity index is 1.85. The summed E-state index contributed by atoms with van der Waals surface area (Å²) in [5.41, 5.74) is 3.48. The fourth-order valence-corrected chi connectivity index (χ4v) is 4.08. The number of aryl methyl sites for hydroxylation is 1. The summed E-state index contributed by atoms with van der Waals surface area (Å²) in [6.45, 7) is 3.88. The summed E-state index contributed by atoms with van der Waals surface area (Å²) in [6, 6.07) is 15.6. The van der Waals surface area contributed by atoms with E-state index in [9.17, 15) is 13.2 Å². The highest BCUT2D eigenvalue weighted by atomic mass is 32.2. The Hall–Kier alpha value is -3.19. The van der Waals surface area contributed by atoms with Crippen molar-refractivity contribution < 1.29 is 13.2 Å². The van der Waals surface area contributed by atoms with E-state index in [2.05, 4.69) is 15.0 Å². The predicted octanol–water partition coefficient (Wildman–Crippen LogP) is 4.99. The zero-order chi connectivity index (χ0) is 21.6. The summed E-state index contributed by atoms with van der Waals surface area (Å²) in [4.78, 5) is 16.4. The Morgan fingerprint density at radius 3 is 2.50 bits per heavy atom. The first-order valence-electron chi connectivity index (χ1n) is 9.83. The normalized spacial score (nSPS) is 11.1. The smallest absolute Gasteiger partial charge is 0.261 e. The number of amides is 1. The van der Waals surface area contributed by atoms with E-state index in [1.165, 1.54) is 0 Å². The number of nitrogens with one attached hydrogen (secondary N) is 2. The van der Waals surface area contributed by atoms with Crippen molar-refractivity contribution in [1.29, 1.82) is 0 Å². The first-order chi connectivity index (χ1) is 14.4. The number of hydrogen-bond acceptors (Lipinski definition) is 4. The van der Waals surface area contributed by atoms with Gasteiger partial charge in [0.15, 0.2) is 0 Å². The second-order valence-electron chi connectivity index (χ2n) is 7.06. The summed E-state index contributed by atoms with van der Waals surface area (Å²) in [7, 11) is -3.69. The molecule has 1 heterocycles. The lowest BCUT2D eigenvalue weighted by molar-refractivity contribution is -0.116. The van der Waals surface area contributed by atoms with Gasteiger partial charge in [-0.3, -0.25) is 14.5 Å². The summed E-state index contributed by atoms with van der Waals surface area (Å²) in [5.74, 6) is -0.0454. The molecule has 0 saturated carbocycles. The van der Waals surface area contributed by atoms with Crippen molar-refractivity contribution in [3.63, 3.8) is 0 Å². The number of anilines is 2. The van der Waals surface area contributed by atoms with Crippen LogP contribution in [0.15, 0.2) is 71.9 Å². The van der Waals surface area contributed by atoms with Crippen molar-refractivity contribution in [2.45, 2.75) is 38.0 Å². The predicted molar refractivity (Wildman–Crippen MR) is 120 cm³/mol. The van der Waals surface area contributed by atoms with Crippen molar-refractivity contribution in [3.8, 4) is 11.1 Å². The van der Waals surface area contributed by atoms with Gasteiger partial charge >= 0.3 is 0 Å². The molecule has 0 fully saturated rings. The maximum atomic E-state index is 12.7. The van der Waals surface area contributed by atoms with Crippen LogP contribution in [0.3, 0.4) is 0 Å². The molecule has 0 aliphatic rings. The largest absolute Gasteiger partial charge is 0.325 e. The molecule has 0 spiro atoms. The van der Waals surface area contributed by atoms with Crippen molar-refractivity contribution in [2.75, 3.05) is 10.0 Å². The number of nitrogens with zero attached hydrogens (tertiary/aromatic N) is 1. The highest BCUT2D eigenvalue weighted by Crippen LogP contribution is 2.28. The molecule has 1 amide bonds. The minimum Gasteiger partial charge on any atom is -0.325 e. The number of aromatic nitrogens is 1. The molecule has 0 aliphatic heterocycles. The maximum absolute atomic E-state index is 12.7. The van der Waals surface area contributed by atoms with Gasteiger partial charge in [0.1, 0.15) is 0 Å². The van der Waals surface area contributed by atoms with Crippen LogP contribution in [0.25, 0.3) is 11.1 Å². The van der Waals surface area contributed by atoms with E-state index >= 15 is 0 Å². The van der Waals surface area contributed by atoms with Crippen LogP contribution in [0.1, 0.15) is 31.7 Å². The summed E-state index contributed by atoms with van der Waals surface area (Å²) in [5, 5.41) is 2.86. The average molecular weight is 424 g/mol. The summed E-state index contributed by atoms with van der Waals surface area (Å²) < 4.78 is 28.0. The first kappa shape index (κ1) is 21.5. The maximum Gasteiger partial charge on any atom is 0.261 e. The van der Waals surface area contributed by atoms with Gasteiger partial charge in [-0.15, -0.1) is 0 Å². The van der Waals surface area contributed by atoms with Gasteiger partial charge in [0.2, 0.25) is 5.91 Å². The van der Waals surface area contributed by atoms with Crippen molar-refractivity contribution in [2.24, 2.45) is 0 Å². The van der Waals surface area contributed by atoms with E-state index in [0.29, 0.717) is 17.8 Å². The van der Waals surface area contributed by atoms with Crippen molar-refractivity contribution in [3.05, 3.63) is 72.6 Å². The number of unbranched alkanes of at least 4 members (excludes halogenated alkanes) is 1. The molecule has 6 nitrogen and oxygen atoms in total. The van der Waals surface area contributed by atoms with Crippen LogP contribution in [-0.2, 0) is 14.8 Å². The molecule has 0 saturated heterocycles. The zero-order valence-electron chi connectivity index (χ0n) is 17.1. The zero-order valence-corrected chi connectivity index (χ0v) is 17.9. The lowest BCUT2D eigenvalue weighted by atomic mass is 10.0. The van der Waals surface area contributed by atoms with Gasteiger partial charge in [0, 0.05) is 18.2 Å². The highest BCUT2D eigenvalue weighted by Gasteiger charge is 2.15. The van der Waals surface area contributed by atoms with E-state index in [0.717, 1.165) is 29.5 Å². The minimum atomic E-state index is -3.69. The van der Waals surface area contributed by atoms with Crippen molar-refractivity contribution >= 4 is 27.3 Å². The molecule has 0 unspecified atom stereocenters. The van der Waals surface area contributed by atoms with Crippen LogP contribution in [0.2, 0.25) is 0 Å². The Bertz CT molecular complexity index is 1130. The third-order valence-electron chi connectivity index (χ3n) is 4.65. The standard InChI is InChI=1S/C23H25N3O3S/c1-3-4-10-23(27)25-20-13-19(15-24-16-20)18-12-11-17(2)22(14-18)26-30(28,29)21-8-6-5-7-9-21/h5-9,11-16,26H,3-4,10H2,1-2H3,(H,25,27). The summed E-state index contributed by atoms with van der Waals surface area (Å²) >= 11 is 0. The monoisotopic (exact) mass is 423 g/mol. The van der Waals surface area contributed by atoms with Gasteiger partial charge in [-0.05, 0) is 48.7 Å². The fourth-order valence-electron chi connectivity index (χ4n) is 2.94. The number of carbonyl (C=O) groups is 1. The van der Waals surface area contributed by atoms with E-state index in [1.807, 2.05) is 32.0 Å². The number of sulfonamides is 1. The molecular formula is C23H25N3O3S. The molecule has 0 radical (unpaired) electrons. The first-order valence-corrected chi connectivity index (χ1v) is 11.3. The van der Waals surface area contributed by atoms with E-state index in [-0.39, 0.29) is 10.8 Å². The molecule has 7 heteroatoms. The van der Waals surface area contributed by atoms with Gasteiger partial charge in [0.05, 0.1) is 22.5 Å². The van der Waals surface area contributed by atoms with Gasteiger partial charge in [-0.1, -0.05) is 43.7 Å². The average Bonchev–Trinajstić information content (AvgIpc) is 2.74. The molecular weight excluding hydrogens is 398 g/mol. The molecule has 0 atom stereocenters. The number of carbonyl (C=O) groups excluding carboxylic acids is 1. The van der Waals surface area contributed by atoms with Crippen LogP contribution in [0.4, 0.5) is 11.4 Å². The molecule has 2 N–H and O–H groups in total. The molecule has 0 bridgehead atoms. The third kappa shape index (κ3) is 5.45. The lowest BCUT2D eigenvalue weighted by Gasteiger charge is -2.13. The minimum absolute atomic E-state index is 0.0454. The molecule has 30 heavy (non-hydrogen) atoms. The Morgan fingerprint density at radius 1 is 1.00 bits per heavy atom. The summed E-state index contributed by atoms with van der Waals surface area (Å²) in [6.07, 6.45) is 5.54. The third-order valence-corrected chi connectivity index (χ3v) is 6.03. The van der Waals surface area contributed by atoms with E-state index in [4.69, 9.17) is 0 Å². The van der Waals surface area contributed by atoms with Crippen LogP contribution in [-0.4, -0.2) is 19.3 Å². The van der Waals surface area contributed by atoms with Crippen LogP contribution >= 0.6 is 0 Å². The molecule has 3 rings (SSSR count). The number of benzene rings is 2. The van der Waals surface area contributed by atoms with Crippen molar-refractivity contribution in [1.82, 2.24) is 4.98 Å². The molecule has 2 aromatic carbocycles. The van der Waals surface area contributed by atoms with Gasteiger partial charge in [-0.25, -0.2) is 8.42 Å². The topological polar surface area (TPSA) is 88.2 Å². The SMILES string of the molecule is CCCCC(=O)Nc1cncc(-c2ccc(C)c(NS(=O)(=O)c3ccccc3)c2)c1. The molecule has 1 aromatic heterocycles. The van der Waals surface area contributed by atoms with E-state index in [1.54, 1.807) is 48.8 Å². The van der Waals surface area contributed by atoms with Crippen LogP contribution in [0, 0.1) is 6.92 Å². The molecule has 156 valence electrons. The molecule has 3 aromatic rings. The molecule has 0 aliphatic carbocycles. The van der Waals surface area contributed by atoms with Gasteiger partial charge < -0.3 is 5.32 Å². The van der Waals surface area contributed by atoms with E-state index < -0.39 is 10.0 Å². The quantitative estimate of drug-likeness (QED) is 0.534. The fraction of sp³-hybridized carbons (Fsp3) is 0.217. The van der Waals surface area contributed by atoms with Crippen LogP contribution < -0.4 is 10.0 Å². The highest BCUT2D eigenvalue weighted by molar-refractivity contribution is 7.92. The Labute approximate surface area is 177 Å². The number of rotatable bonds is 8. The number of pyridine rings is 1. The second kappa shape index (κ2) is 9.54. The second-order valence-corrected chi connectivity index (χ2v) is 8.74. The van der Waals surface area contributed by atoms with Gasteiger partial charge in [-0.2, -0.15) is 0 Å².